The molecule has 6 nitrogen and oxygen atoms in total. The van der Waals surface area contributed by atoms with E-state index in [4.69, 9.17) is 39.5 Å². The highest BCUT2D eigenvalue weighted by Crippen LogP contribution is 2.44. The van der Waals surface area contributed by atoms with E-state index in [1.807, 2.05) is 0 Å². The van der Waals surface area contributed by atoms with E-state index in [-0.39, 0.29) is 63.4 Å². The molecule has 2 bridgehead atoms. The molecule has 3 aromatic rings. The number of benzene rings is 2. The molecule has 3 atom stereocenters. The van der Waals surface area contributed by atoms with Gasteiger partial charge in [0.1, 0.15) is 16.2 Å². The summed E-state index contributed by atoms with van der Waals surface area (Å²) in [6.45, 7) is 2.72. The molecular weight excluding hydrogens is 526 g/mol. The highest BCUT2D eigenvalue weighted by atomic mass is 35.5. The Balaban J connectivity index is 1.79. The molecule has 2 saturated heterocycles. The van der Waals surface area contributed by atoms with Crippen molar-refractivity contribution in [3.63, 3.8) is 0 Å². The Labute approximate surface area is 222 Å². The molecule has 3 heterocycles. The van der Waals surface area contributed by atoms with Crippen LogP contribution >= 0.6 is 34.8 Å². The minimum atomic E-state index is -0.653. The first-order chi connectivity index (χ1) is 17.3. The number of pyridine rings is 1. The van der Waals surface area contributed by atoms with Crippen LogP contribution in [0.15, 0.2) is 24.3 Å². The van der Waals surface area contributed by atoms with Gasteiger partial charge in [-0.25, -0.2) is 14.2 Å². The van der Waals surface area contributed by atoms with E-state index in [0.29, 0.717) is 28.1 Å². The molecule has 3 aliphatic rings. The van der Waals surface area contributed by atoms with Gasteiger partial charge in [0.15, 0.2) is 5.82 Å². The first-order valence-electron chi connectivity index (χ1n) is 11.7. The number of nitriles is 1. The van der Waals surface area contributed by atoms with Crippen LogP contribution in [0, 0.1) is 23.1 Å². The first-order valence-corrected chi connectivity index (χ1v) is 12.8. The summed E-state index contributed by atoms with van der Waals surface area (Å²) in [5, 5.41) is 16.8. The average Bonchev–Trinajstić information content (AvgIpc) is 3.49. The van der Waals surface area contributed by atoms with E-state index in [2.05, 4.69) is 21.7 Å². The third-order valence-electron chi connectivity index (χ3n) is 6.92. The highest BCUT2D eigenvalue weighted by molar-refractivity contribution is 6.43. The minimum absolute atomic E-state index is 0.0121. The molecule has 2 unspecified atom stereocenters. The molecule has 2 N–H and O–H groups in total. The number of carbonyl (C=O) groups excluding carboxylic acids is 1. The number of hydrogen-bond acceptors (Lipinski definition) is 6. The van der Waals surface area contributed by atoms with Gasteiger partial charge in [-0.3, -0.25) is 0 Å². The SMILES string of the molecule is CCOC(=O)c1c(Cl)nc2c(F)c(-c3cccc(Cl)c3Cl)c(CCC#N)cc2c1N[C@H]1C2CNC1C2. The number of halogens is 4. The van der Waals surface area contributed by atoms with E-state index in [1.165, 1.54) is 0 Å². The number of rotatable bonds is 7. The fourth-order valence-corrected chi connectivity index (χ4v) is 5.81. The Morgan fingerprint density at radius 2 is 2.17 bits per heavy atom. The van der Waals surface area contributed by atoms with Crippen LogP contribution in [-0.2, 0) is 11.2 Å². The molecule has 0 amide bonds. The maximum atomic E-state index is 16.3. The molecule has 1 aromatic heterocycles. The van der Waals surface area contributed by atoms with E-state index < -0.39 is 11.8 Å². The van der Waals surface area contributed by atoms with Crippen molar-refractivity contribution in [2.24, 2.45) is 5.92 Å². The molecule has 1 aliphatic carbocycles. The van der Waals surface area contributed by atoms with Crippen LogP contribution in [0.4, 0.5) is 10.1 Å². The zero-order valence-electron chi connectivity index (χ0n) is 19.3. The summed E-state index contributed by atoms with van der Waals surface area (Å²) in [4.78, 5) is 17.2. The predicted octanol–water partition coefficient (Wildman–Crippen LogP) is 6.41. The lowest BCUT2D eigenvalue weighted by molar-refractivity contribution is 0.0527. The number of esters is 1. The molecule has 0 spiro atoms. The van der Waals surface area contributed by atoms with Gasteiger partial charge in [0.05, 0.1) is 28.4 Å². The van der Waals surface area contributed by atoms with Crippen molar-refractivity contribution >= 4 is 57.4 Å². The molecule has 3 fully saturated rings. The number of anilines is 1. The molecule has 0 radical (unpaired) electrons. The number of aryl methyl sites for hydroxylation is 1. The summed E-state index contributed by atoms with van der Waals surface area (Å²) in [5.41, 5.74) is 1.57. The summed E-state index contributed by atoms with van der Waals surface area (Å²) >= 11 is 19.2. The number of carbonyl (C=O) groups is 1. The maximum Gasteiger partial charge on any atom is 0.343 e. The molecule has 186 valence electrons. The van der Waals surface area contributed by atoms with Gasteiger partial charge in [-0.1, -0.05) is 46.9 Å². The molecule has 36 heavy (non-hydrogen) atoms. The summed E-state index contributed by atoms with van der Waals surface area (Å²) in [6, 6.07) is 9.14. The lowest BCUT2D eigenvalue weighted by atomic mass is 9.80. The van der Waals surface area contributed by atoms with Crippen molar-refractivity contribution in [3.05, 3.63) is 56.4 Å². The smallest absolute Gasteiger partial charge is 0.343 e. The molecule has 6 rings (SSSR count). The van der Waals surface area contributed by atoms with Gasteiger partial charge in [-0.05, 0) is 43.4 Å². The lowest BCUT2D eigenvalue weighted by Crippen LogP contribution is -2.47. The number of ether oxygens (including phenoxy) is 1. The van der Waals surface area contributed by atoms with Crippen LogP contribution in [0.1, 0.15) is 35.7 Å². The summed E-state index contributed by atoms with van der Waals surface area (Å²) in [5.74, 6) is -0.904. The van der Waals surface area contributed by atoms with Crippen molar-refractivity contribution in [1.29, 1.82) is 5.26 Å². The second-order valence-corrected chi connectivity index (χ2v) is 10.1. The van der Waals surface area contributed by atoms with Crippen LogP contribution in [0.3, 0.4) is 0 Å². The van der Waals surface area contributed by atoms with Gasteiger partial charge in [0.25, 0.3) is 0 Å². The molecular formula is C26H22Cl3FN4O2. The van der Waals surface area contributed by atoms with E-state index in [1.54, 1.807) is 31.2 Å². The third-order valence-corrected chi connectivity index (χ3v) is 8.01. The predicted molar refractivity (Wildman–Crippen MR) is 139 cm³/mol. The van der Waals surface area contributed by atoms with Gasteiger partial charge < -0.3 is 15.4 Å². The van der Waals surface area contributed by atoms with Crippen molar-refractivity contribution in [2.45, 2.75) is 38.3 Å². The Morgan fingerprint density at radius 3 is 2.83 bits per heavy atom. The van der Waals surface area contributed by atoms with Crippen LogP contribution in [0.2, 0.25) is 15.2 Å². The molecule has 2 aliphatic heterocycles. The van der Waals surface area contributed by atoms with E-state index in [9.17, 15) is 10.1 Å². The van der Waals surface area contributed by atoms with Gasteiger partial charge >= 0.3 is 5.97 Å². The maximum absolute atomic E-state index is 16.3. The third kappa shape index (κ3) is 4.16. The quantitative estimate of drug-likeness (QED) is 0.263. The van der Waals surface area contributed by atoms with Gasteiger partial charge in [-0.2, -0.15) is 5.26 Å². The van der Waals surface area contributed by atoms with Gasteiger partial charge in [0, 0.05) is 41.6 Å². The molecule has 10 heteroatoms. The second kappa shape index (κ2) is 10.0. The van der Waals surface area contributed by atoms with Gasteiger partial charge in [0.2, 0.25) is 0 Å². The summed E-state index contributed by atoms with van der Waals surface area (Å²) < 4.78 is 21.6. The lowest BCUT2D eigenvalue weighted by Gasteiger charge is -2.36. The monoisotopic (exact) mass is 546 g/mol. The Hall–Kier alpha value is -2.63. The molecule has 2 aromatic carbocycles. The minimum Gasteiger partial charge on any atom is -0.462 e. The van der Waals surface area contributed by atoms with Crippen LogP contribution in [0.5, 0.6) is 0 Å². The summed E-state index contributed by atoms with van der Waals surface area (Å²) in [6.07, 6.45) is 1.44. The second-order valence-electron chi connectivity index (χ2n) is 8.93. The van der Waals surface area contributed by atoms with Crippen LogP contribution < -0.4 is 10.6 Å². The Kier molecular flexibility index (Phi) is 6.97. The van der Waals surface area contributed by atoms with Crippen LogP contribution in [0.25, 0.3) is 22.0 Å². The van der Waals surface area contributed by atoms with Crippen molar-refractivity contribution < 1.29 is 13.9 Å². The zero-order valence-corrected chi connectivity index (χ0v) is 21.6. The average molecular weight is 548 g/mol. The van der Waals surface area contributed by atoms with Crippen molar-refractivity contribution in [3.8, 4) is 17.2 Å². The number of nitrogens with one attached hydrogen (secondary N) is 2. The standard InChI is InChI=1S/C26H22Cl3FN4O2/c1-2-36-26(35)19-23(33-22-13-10-17(22)32-11-13)15-9-12(5-4-8-31)18(21(30)24(15)34-25(19)29)14-6-3-7-16(27)20(14)28/h3,6-7,9,13,17,22,32H,2,4-5,10-11H2,1H3,(H,33,34)/t13?,17?,22-/m0/s1. The van der Waals surface area contributed by atoms with E-state index >= 15 is 4.39 Å². The Morgan fingerprint density at radius 1 is 1.36 bits per heavy atom. The topological polar surface area (TPSA) is 87.0 Å². The summed E-state index contributed by atoms with van der Waals surface area (Å²) in [7, 11) is 0. The van der Waals surface area contributed by atoms with Crippen molar-refractivity contribution in [1.82, 2.24) is 10.3 Å². The highest BCUT2D eigenvalue weighted by Gasteiger charge is 2.47. The number of fused-ring (bicyclic) bond motifs is 2. The Bertz CT molecular complexity index is 1410. The number of nitrogens with zero attached hydrogens (tertiary/aromatic N) is 2. The zero-order chi connectivity index (χ0) is 25.6. The fourth-order valence-electron chi connectivity index (χ4n) is 5.16. The van der Waals surface area contributed by atoms with Crippen molar-refractivity contribution in [2.75, 3.05) is 18.5 Å². The largest absolute Gasteiger partial charge is 0.462 e. The van der Waals surface area contributed by atoms with E-state index in [0.717, 1.165) is 13.0 Å². The molecule has 1 saturated carbocycles. The number of aromatic nitrogens is 1. The first kappa shape index (κ1) is 25.0. The number of hydrogen-bond donors (Lipinski definition) is 2. The normalized spacial score (nSPS) is 20.2. The van der Waals surface area contributed by atoms with Gasteiger partial charge in [-0.15, -0.1) is 0 Å². The van der Waals surface area contributed by atoms with Crippen LogP contribution in [-0.4, -0.2) is 36.2 Å². The fraction of sp³-hybridized carbons (Fsp3) is 0.346.